The zero-order valence-corrected chi connectivity index (χ0v) is 19.0. The third-order valence-corrected chi connectivity index (χ3v) is 5.72. The molecule has 32 heavy (non-hydrogen) atoms. The number of hydrogen-bond donors (Lipinski definition) is 1. The molecule has 0 radical (unpaired) electrons. The van der Waals surface area contributed by atoms with Crippen LogP contribution in [-0.4, -0.2) is 48.5 Å². The highest BCUT2D eigenvalue weighted by Gasteiger charge is 2.19. The lowest BCUT2D eigenvalue weighted by Crippen LogP contribution is -2.50. The van der Waals surface area contributed by atoms with Gasteiger partial charge >= 0.3 is 0 Å². The average Bonchev–Trinajstić information content (AvgIpc) is 2.83. The van der Waals surface area contributed by atoms with Crippen LogP contribution < -0.4 is 5.32 Å². The Balaban J connectivity index is 1.41. The minimum Gasteiger partial charge on any atom is -0.340 e. The summed E-state index contributed by atoms with van der Waals surface area (Å²) in [6, 6.07) is 27.4. The van der Waals surface area contributed by atoms with Crippen molar-refractivity contribution in [1.82, 2.24) is 9.80 Å². The molecule has 1 aliphatic heterocycles. The van der Waals surface area contributed by atoms with Crippen LogP contribution in [-0.2, 0) is 0 Å². The van der Waals surface area contributed by atoms with Gasteiger partial charge in [-0.05, 0) is 43.7 Å². The highest BCUT2D eigenvalue weighted by molar-refractivity contribution is 5.95. The summed E-state index contributed by atoms with van der Waals surface area (Å²) in [7, 11) is 0. The molecule has 3 aromatic rings. The Morgan fingerprint density at radius 1 is 0.812 bits per heavy atom. The van der Waals surface area contributed by atoms with Crippen LogP contribution in [0.5, 0.6) is 0 Å². The van der Waals surface area contributed by atoms with E-state index in [1.165, 1.54) is 16.7 Å². The van der Waals surface area contributed by atoms with Gasteiger partial charge in [-0.1, -0.05) is 77.9 Å². The van der Waals surface area contributed by atoms with E-state index >= 15 is 0 Å². The van der Waals surface area contributed by atoms with Crippen LogP contribution >= 0.6 is 0 Å². The van der Waals surface area contributed by atoms with Gasteiger partial charge in [0.05, 0.1) is 5.69 Å². The highest BCUT2D eigenvalue weighted by atomic mass is 15.3. The average molecular weight is 425 g/mol. The van der Waals surface area contributed by atoms with Crippen molar-refractivity contribution in [3.05, 3.63) is 102 Å². The first-order chi connectivity index (χ1) is 15.7. The van der Waals surface area contributed by atoms with Crippen LogP contribution in [0, 0.1) is 13.8 Å². The van der Waals surface area contributed by atoms with E-state index in [0.717, 1.165) is 50.1 Å². The number of guanidine groups is 1. The lowest BCUT2D eigenvalue weighted by atomic mass is 10.2. The number of piperazine rings is 1. The molecular weight excluding hydrogens is 392 g/mol. The van der Waals surface area contributed by atoms with Gasteiger partial charge in [0.2, 0.25) is 5.96 Å². The maximum Gasteiger partial charge on any atom is 0.203 e. The van der Waals surface area contributed by atoms with Crippen molar-refractivity contribution in [2.45, 2.75) is 13.8 Å². The smallest absolute Gasteiger partial charge is 0.203 e. The zero-order valence-electron chi connectivity index (χ0n) is 19.0. The van der Waals surface area contributed by atoms with E-state index in [9.17, 15) is 0 Å². The van der Waals surface area contributed by atoms with Gasteiger partial charge in [0.15, 0.2) is 0 Å². The van der Waals surface area contributed by atoms with Crippen molar-refractivity contribution in [3.8, 4) is 0 Å². The first kappa shape index (κ1) is 21.8. The molecule has 4 nitrogen and oxygen atoms in total. The summed E-state index contributed by atoms with van der Waals surface area (Å²) in [4.78, 5) is 9.82. The lowest BCUT2D eigenvalue weighted by Gasteiger charge is -2.36. The second kappa shape index (κ2) is 10.8. The van der Waals surface area contributed by atoms with Crippen molar-refractivity contribution in [3.63, 3.8) is 0 Å². The van der Waals surface area contributed by atoms with E-state index in [1.807, 2.05) is 0 Å². The number of anilines is 1. The summed E-state index contributed by atoms with van der Waals surface area (Å²) in [6.45, 7) is 9.11. The van der Waals surface area contributed by atoms with Gasteiger partial charge in [0.1, 0.15) is 0 Å². The second-order valence-corrected chi connectivity index (χ2v) is 8.36. The SMILES string of the molecule is Cc1ccc(N=C(Nc2ccc(C)cc2)N2CCN(C/C=C/c3ccccc3)CC2)cc1. The Morgan fingerprint density at radius 3 is 2.09 bits per heavy atom. The molecule has 4 rings (SSSR count). The van der Waals surface area contributed by atoms with Crippen molar-refractivity contribution >= 4 is 23.4 Å². The molecule has 0 aromatic heterocycles. The molecule has 1 saturated heterocycles. The fourth-order valence-electron chi connectivity index (χ4n) is 3.73. The van der Waals surface area contributed by atoms with Crippen molar-refractivity contribution < 1.29 is 0 Å². The molecule has 0 bridgehead atoms. The van der Waals surface area contributed by atoms with E-state index in [4.69, 9.17) is 4.99 Å². The predicted octanol–water partition coefficient (Wildman–Crippen LogP) is 5.73. The number of nitrogens with zero attached hydrogens (tertiary/aromatic N) is 3. The number of aryl methyl sites for hydroxylation is 2. The molecule has 0 aliphatic carbocycles. The van der Waals surface area contributed by atoms with Gasteiger partial charge < -0.3 is 10.2 Å². The Hall–Kier alpha value is -3.37. The predicted molar refractivity (Wildman–Crippen MR) is 137 cm³/mol. The van der Waals surface area contributed by atoms with Gasteiger partial charge in [0.25, 0.3) is 0 Å². The van der Waals surface area contributed by atoms with Crippen molar-refractivity contribution in [1.29, 1.82) is 0 Å². The third kappa shape index (κ3) is 6.32. The summed E-state index contributed by atoms with van der Waals surface area (Å²) >= 11 is 0. The Labute approximate surface area is 191 Å². The molecule has 1 fully saturated rings. The Morgan fingerprint density at radius 2 is 1.44 bits per heavy atom. The molecule has 3 aromatic carbocycles. The molecule has 1 N–H and O–H groups in total. The van der Waals surface area contributed by atoms with Gasteiger partial charge in [0, 0.05) is 38.4 Å². The first-order valence-corrected chi connectivity index (χ1v) is 11.3. The maximum atomic E-state index is 4.97. The summed E-state index contributed by atoms with van der Waals surface area (Å²) < 4.78 is 0. The van der Waals surface area contributed by atoms with Crippen LogP contribution in [0.15, 0.2) is 89.9 Å². The van der Waals surface area contributed by atoms with Gasteiger partial charge in [-0.2, -0.15) is 0 Å². The first-order valence-electron chi connectivity index (χ1n) is 11.3. The molecular formula is C28H32N4. The van der Waals surface area contributed by atoms with Crippen LogP contribution in [0.3, 0.4) is 0 Å². The van der Waals surface area contributed by atoms with Gasteiger partial charge in [-0.15, -0.1) is 0 Å². The van der Waals surface area contributed by atoms with Gasteiger partial charge in [-0.25, -0.2) is 4.99 Å². The molecule has 4 heteroatoms. The summed E-state index contributed by atoms with van der Waals surface area (Å²) in [5, 5.41) is 3.56. The van der Waals surface area contributed by atoms with E-state index < -0.39 is 0 Å². The van der Waals surface area contributed by atoms with E-state index in [1.54, 1.807) is 0 Å². The van der Waals surface area contributed by atoms with Crippen LogP contribution in [0.1, 0.15) is 16.7 Å². The molecule has 1 heterocycles. The summed E-state index contributed by atoms with van der Waals surface area (Å²) in [5.74, 6) is 0.914. The third-order valence-electron chi connectivity index (χ3n) is 5.72. The lowest BCUT2D eigenvalue weighted by molar-refractivity contribution is 0.198. The van der Waals surface area contributed by atoms with Gasteiger partial charge in [-0.3, -0.25) is 4.90 Å². The molecule has 0 spiro atoms. The van der Waals surface area contributed by atoms with E-state index in [2.05, 4.69) is 120 Å². The summed E-state index contributed by atoms with van der Waals surface area (Å²) in [5.41, 5.74) is 5.79. The number of nitrogens with one attached hydrogen (secondary N) is 1. The monoisotopic (exact) mass is 424 g/mol. The van der Waals surface area contributed by atoms with Crippen LogP contribution in [0.4, 0.5) is 11.4 Å². The number of benzene rings is 3. The van der Waals surface area contributed by atoms with E-state index in [0.29, 0.717) is 0 Å². The largest absolute Gasteiger partial charge is 0.340 e. The maximum absolute atomic E-state index is 4.97. The molecule has 0 atom stereocenters. The molecule has 1 aliphatic rings. The fourth-order valence-corrected chi connectivity index (χ4v) is 3.73. The topological polar surface area (TPSA) is 30.9 Å². The molecule has 0 saturated carbocycles. The van der Waals surface area contributed by atoms with Crippen molar-refractivity contribution in [2.75, 3.05) is 38.0 Å². The number of rotatable bonds is 5. The standard InChI is InChI=1S/C28H32N4/c1-23-10-14-26(15-11-23)29-28(30-27-16-12-24(2)13-17-27)32-21-19-31(20-22-32)18-6-9-25-7-4-3-5-8-25/h3-17H,18-22H2,1-2H3,(H,29,30)/b9-6+. The minimum absolute atomic E-state index is 0.914. The fraction of sp³-hybridized carbons (Fsp3) is 0.250. The van der Waals surface area contributed by atoms with Crippen molar-refractivity contribution in [2.24, 2.45) is 4.99 Å². The molecule has 0 amide bonds. The summed E-state index contributed by atoms with van der Waals surface area (Å²) in [6.07, 6.45) is 4.46. The van der Waals surface area contributed by atoms with Crippen LogP contribution in [0.25, 0.3) is 6.08 Å². The van der Waals surface area contributed by atoms with Crippen LogP contribution in [0.2, 0.25) is 0 Å². The zero-order chi connectivity index (χ0) is 22.2. The number of aliphatic imine (C=N–C) groups is 1. The van der Waals surface area contributed by atoms with E-state index in [-0.39, 0.29) is 0 Å². The quantitative estimate of drug-likeness (QED) is 0.419. The Bertz CT molecular complexity index is 1030. The Kier molecular flexibility index (Phi) is 7.36. The molecule has 164 valence electrons. The second-order valence-electron chi connectivity index (χ2n) is 8.36. The molecule has 0 unspecified atom stereocenters. The highest BCUT2D eigenvalue weighted by Crippen LogP contribution is 2.17. The normalized spacial score (nSPS) is 15.3. The number of hydrogen-bond acceptors (Lipinski definition) is 2. The minimum atomic E-state index is 0.914.